The molecule has 2 aliphatic rings. The molecule has 2 fully saturated rings. The summed E-state index contributed by atoms with van der Waals surface area (Å²) in [6.45, 7) is 2.47. The van der Waals surface area contributed by atoms with Gasteiger partial charge in [0.05, 0.1) is 30.0 Å². The molecule has 1 aromatic carbocycles. The van der Waals surface area contributed by atoms with Gasteiger partial charge in [-0.2, -0.15) is 0 Å². The topological polar surface area (TPSA) is 71.5 Å². The van der Waals surface area contributed by atoms with Gasteiger partial charge in [-0.15, -0.1) is 0 Å². The smallest absolute Gasteiger partial charge is 0.253 e. The molecule has 0 aliphatic heterocycles. The zero-order valence-electron chi connectivity index (χ0n) is 16.7. The minimum Gasteiger partial charge on any atom is -0.477 e. The molecule has 2 atom stereocenters. The van der Waals surface area contributed by atoms with Gasteiger partial charge in [-0.05, 0) is 62.3 Å². The number of benzene rings is 1. The van der Waals surface area contributed by atoms with Gasteiger partial charge in [0.25, 0.3) is 5.91 Å². The molecule has 0 radical (unpaired) electrons. The molecular formula is C23H27ClN2O3. The van der Waals surface area contributed by atoms with Crippen molar-refractivity contribution in [3.8, 4) is 17.0 Å². The van der Waals surface area contributed by atoms with Crippen LogP contribution in [0.25, 0.3) is 11.1 Å². The summed E-state index contributed by atoms with van der Waals surface area (Å²) in [6, 6.07) is 9.09. The summed E-state index contributed by atoms with van der Waals surface area (Å²) in [5, 5.41) is 13.9. The number of aromatic nitrogens is 1. The van der Waals surface area contributed by atoms with Crippen LogP contribution in [0.5, 0.6) is 5.88 Å². The van der Waals surface area contributed by atoms with Gasteiger partial charge in [-0.25, -0.2) is 4.98 Å². The lowest BCUT2D eigenvalue weighted by Crippen LogP contribution is -2.45. The summed E-state index contributed by atoms with van der Waals surface area (Å²) >= 11 is 6.04. The number of amides is 1. The third-order valence-corrected chi connectivity index (χ3v) is 6.03. The molecule has 6 heteroatoms. The van der Waals surface area contributed by atoms with Crippen molar-refractivity contribution < 1.29 is 14.6 Å². The third kappa shape index (κ3) is 4.90. The predicted molar refractivity (Wildman–Crippen MR) is 113 cm³/mol. The van der Waals surface area contributed by atoms with Gasteiger partial charge in [0, 0.05) is 10.6 Å². The molecule has 0 bridgehead atoms. The van der Waals surface area contributed by atoms with E-state index >= 15 is 0 Å². The lowest BCUT2D eigenvalue weighted by Gasteiger charge is -2.28. The highest BCUT2D eigenvalue weighted by Gasteiger charge is 2.27. The molecule has 2 unspecified atom stereocenters. The highest BCUT2D eigenvalue weighted by Crippen LogP contribution is 2.34. The number of hydrogen-bond acceptors (Lipinski definition) is 4. The third-order valence-electron chi connectivity index (χ3n) is 5.78. The lowest BCUT2D eigenvalue weighted by molar-refractivity contribution is 0.0716. The quantitative estimate of drug-likeness (QED) is 0.728. The second-order valence-electron chi connectivity index (χ2n) is 8.17. The Labute approximate surface area is 176 Å². The van der Waals surface area contributed by atoms with E-state index < -0.39 is 6.10 Å². The average Bonchev–Trinajstić information content (AvgIpc) is 3.53. The Kier molecular flexibility index (Phi) is 6.07. The maximum absolute atomic E-state index is 13.0. The highest BCUT2D eigenvalue weighted by atomic mass is 35.5. The molecule has 0 saturated heterocycles. The number of nitrogens with zero attached hydrogens (tertiary/aromatic N) is 1. The number of ether oxygens (including phenoxy) is 1. The number of hydrogen-bond donors (Lipinski definition) is 2. The molecule has 2 saturated carbocycles. The summed E-state index contributed by atoms with van der Waals surface area (Å²) in [5.41, 5.74) is 2.81. The van der Waals surface area contributed by atoms with E-state index in [0.29, 0.717) is 34.7 Å². The highest BCUT2D eigenvalue weighted by molar-refractivity contribution is 6.30. The van der Waals surface area contributed by atoms with E-state index in [1.807, 2.05) is 37.3 Å². The normalized spacial score (nSPS) is 21.6. The summed E-state index contributed by atoms with van der Waals surface area (Å²) in [4.78, 5) is 17.6. The number of carbonyl (C=O) groups excluding carboxylic acids is 1. The van der Waals surface area contributed by atoms with E-state index in [2.05, 4.69) is 10.3 Å². The molecule has 1 heterocycles. The van der Waals surface area contributed by atoms with Crippen LogP contribution < -0.4 is 10.1 Å². The Bertz CT molecular complexity index is 880. The Hall–Kier alpha value is -2.11. The van der Waals surface area contributed by atoms with Gasteiger partial charge in [0.15, 0.2) is 0 Å². The van der Waals surface area contributed by atoms with Crippen molar-refractivity contribution in [3.05, 3.63) is 46.6 Å². The van der Waals surface area contributed by atoms with Gasteiger partial charge in [0.1, 0.15) is 0 Å². The molecular weight excluding hydrogens is 388 g/mol. The van der Waals surface area contributed by atoms with Crippen molar-refractivity contribution in [2.75, 3.05) is 6.61 Å². The van der Waals surface area contributed by atoms with Crippen LogP contribution in [0.3, 0.4) is 0 Å². The predicted octanol–water partition coefficient (Wildman–Crippen LogP) is 4.53. The monoisotopic (exact) mass is 414 g/mol. The fourth-order valence-corrected chi connectivity index (χ4v) is 3.89. The van der Waals surface area contributed by atoms with Gasteiger partial charge in [-0.1, -0.05) is 36.6 Å². The van der Waals surface area contributed by atoms with Crippen molar-refractivity contribution in [1.29, 1.82) is 0 Å². The largest absolute Gasteiger partial charge is 0.477 e. The van der Waals surface area contributed by atoms with Crippen LogP contribution in [0, 0.1) is 12.8 Å². The molecule has 5 nitrogen and oxygen atoms in total. The van der Waals surface area contributed by atoms with Crippen LogP contribution in [0.2, 0.25) is 5.02 Å². The maximum Gasteiger partial charge on any atom is 0.253 e. The summed E-state index contributed by atoms with van der Waals surface area (Å²) in [6.07, 6.45) is 5.44. The fraction of sp³-hybridized carbons (Fsp3) is 0.478. The van der Waals surface area contributed by atoms with E-state index in [0.717, 1.165) is 36.8 Å². The molecule has 2 aromatic rings. The first-order valence-electron chi connectivity index (χ1n) is 10.4. The molecule has 2 aliphatic carbocycles. The molecule has 2 N–H and O–H groups in total. The first kappa shape index (κ1) is 20.2. The Morgan fingerprint density at radius 2 is 1.93 bits per heavy atom. The van der Waals surface area contributed by atoms with E-state index in [1.165, 1.54) is 12.8 Å². The number of aliphatic hydroxyl groups excluding tert-OH is 1. The van der Waals surface area contributed by atoms with Crippen molar-refractivity contribution in [3.63, 3.8) is 0 Å². The average molecular weight is 415 g/mol. The molecule has 154 valence electrons. The lowest BCUT2D eigenvalue weighted by atomic mass is 9.92. The van der Waals surface area contributed by atoms with Crippen LogP contribution in [0.4, 0.5) is 0 Å². The Morgan fingerprint density at radius 1 is 1.21 bits per heavy atom. The van der Waals surface area contributed by atoms with Crippen LogP contribution in [-0.4, -0.2) is 34.8 Å². The fourth-order valence-electron chi connectivity index (χ4n) is 3.77. The van der Waals surface area contributed by atoms with Crippen LogP contribution in [-0.2, 0) is 0 Å². The number of aliphatic hydroxyl groups is 1. The number of halogens is 1. The van der Waals surface area contributed by atoms with Gasteiger partial charge < -0.3 is 15.2 Å². The number of pyridine rings is 1. The van der Waals surface area contributed by atoms with Crippen molar-refractivity contribution in [2.24, 2.45) is 5.92 Å². The second-order valence-corrected chi connectivity index (χ2v) is 8.60. The number of aryl methyl sites for hydroxylation is 1. The molecule has 1 aromatic heterocycles. The minimum absolute atomic E-state index is 0.204. The van der Waals surface area contributed by atoms with Crippen molar-refractivity contribution in [1.82, 2.24) is 10.3 Å². The van der Waals surface area contributed by atoms with Gasteiger partial charge in [-0.3, -0.25) is 4.79 Å². The number of carbonyl (C=O) groups is 1. The molecule has 4 rings (SSSR count). The first-order valence-corrected chi connectivity index (χ1v) is 10.8. The standard InChI is InChI=1S/C23H27ClN2O3/c1-14-18(22(28)26-20-4-2-3-5-21(20)27)12-19(16-8-10-17(24)11-9-16)23(25-14)29-13-15-6-7-15/h8-12,15,20-21,27H,2-7,13H2,1H3,(H,26,28). The van der Waals surface area contributed by atoms with Crippen molar-refractivity contribution in [2.45, 2.75) is 57.6 Å². The van der Waals surface area contributed by atoms with Crippen LogP contribution in [0.1, 0.15) is 54.6 Å². The molecule has 1 amide bonds. The van der Waals surface area contributed by atoms with Crippen LogP contribution >= 0.6 is 11.6 Å². The van der Waals surface area contributed by atoms with Gasteiger partial charge >= 0.3 is 0 Å². The zero-order chi connectivity index (χ0) is 20.4. The summed E-state index contributed by atoms with van der Waals surface area (Å²) in [7, 11) is 0. The van der Waals surface area contributed by atoms with E-state index in [1.54, 1.807) is 0 Å². The van der Waals surface area contributed by atoms with E-state index in [-0.39, 0.29) is 11.9 Å². The maximum atomic E-state index is 13.0. The summed E-state index contributed by atoms with van der Waals surface area (Å²) in [5.74, 6) is 0.946. The SMILES string of the molecule is Cc1nc(OCC2CC2)c(-c2ccc(Cl)cc2)cc1C(=O)NC1CCCCC1O. The first-order chi connectivity index (χ1) is 14.0. The minimum atomic E-state index is -0.488. The van der Waals surface area contributed by atoms with E-state index in [9.17, 15) is 9.90 Å². The number of nitrogens with one attached hydrogen (secondary N) is 1. The molecule has 29 heavy (non-hydrogen) atoms. The van der Waals surface area contributed by atoms with Crippen molar-refractivity contribution >= 4 is 17.5 Å². The Morgan fingerprint density at radius 3 is 2.62 bits per heavy atom. The van der Waals surface area contributed by atoms with Crippen LogP contribution in [0.15, 0.2) is 30.3 Å². The van der Waals surface area contributed by atoms with Gasteiger partial charge in [0.2, 0.25) is 5.88 Å². The summed E-state index contributed by atoms with van der Waals surface area (Å²) < 4.78 is 6.01. The molecule has 0 spiro atoms. The van der Waals surface area contributed by atoms with E-state index in [4.69, 9.17) is 16.3 Å². The second kappa shape index (κ2) is 8.72. The Balaban J connectivity index is 1.63. The zero-order valence-corrected chi connectivity index (χ0v) is 17.4. The number of rotatable bonds is 6.